The second kappa shape index (κ2) is 9.98. The maximum absolute atomic E-state index is 13.0. The molecule has 0 spiro atoms. The van der Waals surface area contributed by atoms with E-state index in [0.717, 1.165) is 16.3 Å². The Morgan fingerprint density at radius 1 is 1.50 bits per heavy atom. The van der Waals surface area contributed by atoms with Gasteiger partial charge in [-0.05, 0) is 45.3 Å². The van der Waals surface area contributed by atoms with Crippen LogP contribution in [0.2, 0.25) is 0 Å². The molecule has 0 radical (unpaired) electrons. The third kappa shape index (κ3) is 5.65. The molecule has 1 aliphatic rings. The van der Waals surface area contributed by atoms with Gasteiger partial charge >= 0.3 is 5.97 Å². The van der Waals surface area contributed by atoms with Gasteiger partial charge < -0.3 is 14.9 Å². The maximum Gasteiger partial charge on any atom is 0.312 e. The van der Waals surface area contributed by atoms with Crippen LogP contribution >= 0.6 is 11.3 Å². The smallest absolute Gasteiger partial charge is 0.312 e. The summed E-state index contributed by atoms with van der Waals surface area (Å²) >= 11 is 1.54. The third-order valence-corrected chi connectivity index (χ3v) is 6.54. The first-order chi connectivity index (χ1) is 14.0. The average molecular weight is 436 g/mol. The second-order valence-electron chi connectivity index (χ2n) is 8.78. The highest BCUT2D eigenvalue weighted by atomic mass is 32.1. The topological polar surface area (TPSA) is 96.7 Å². The summed E-state index contributed by atoms with van der Waals surface area (Å²) in [5.41, 5.74) is 0.551. The molecule has 1 aliphatic carbocycles. The van der Waals surface area contributed by atoms with Crippen molar-refractivity contribution in [2.24, 2.45) is 17.3 Å². The summed E-state index contributed by atoms with van der Waals surface area (Å²) in [5, 5.41) is 23.4. The van der Waals surface area contributed by atoms with E-state index in [-0.39, 0.29) is 18.6 Å². The number of carbonyl (C=O) groups is 2. The van der Waals surface area contributed by atoms with Gasteiger partial charge in [-0.25, -0.2) is 4.98 Å². The summed E-state index contributed by atoms with van der Waals surface area (Å²) in [7, 11) is 0. The predicted octanol–water partition coefficient (Wildman–Crippen LogP) is 3.71. The molecule has 0 aromatic carbocycles. The number of Topliss-reactive ketones (excluding diaryl/α,β-unsaturated/α-hetero) is 1. The van der Waals surface area contributed by atoms with E-state index in [1.807, 2.05) is 25.3 Å². The quantitative estimate of drug-likeness (QED) is 0.477. The highest BCUT2D eigenvalue weighted by Gasteiger charge is 2.51. The molecule has 0 saturated heterocycles. The van der Waals surface area contributed by atoms with Gasteiger partial charge in [0.15, 0.2) is 0 Å². The van der Waals surface area contributed by atoms with E-state index >= 15 is 0 Å². The first-order valence-corrected chi connectivity index (χ1v) is 11.2. The molecule has 1 heterocycles. The van der Waals surface area contributed by atoms with Gasteiger partial charge in [-0.15, -0.1) is 17.9 Å². The van der Waals surface area contributed by atoms with Crippen LogP contribution in [-0.2, 0) is 14.3 Å². The van der Waals surface area contributed by atoms with Crippen molar-refractivity contribution in [3.8, 4) is 0 Å². The Hall–Kier alpha value is -1.83. The van der Waals surface area contributed by atoms with Crippen LogP contribution in [0, 0.1) is 24.2 Å². The molecule has 1 saturated carbocycles. The van der Waals surface area contributed by atoms with Gasteiger partial charge in [0.05, 0.1) is 34.2 Å². The van der Waals surface area contributed by atoms with Gasteiger partial charge in [0.25, 0.3) is 0 Å². The van der Waals surface area contributed by atoms with Gasteiger partial charge in [0.1, 0.15) is 11.9 Å². The van der Waals surface area contributed by atoms with E-state index in [1.54, 1.807) is 38.2 Å². The predicted molar refractivity (Wildman–Crippen MR) is 118 cm³/mol. The van der Waals surface area contributed by atoms with E-state index in [1.165, 1.54) is 0 Å². The lowest BCUT2D eigenvalue weighted by molar-refractivity contribution is -0.169. The van der Waals surface area contributed by atoms with Crippen LogP contribution in [0.15, 0.2) is 23.6 Å². The highest BCUT2D eigenvalue weighted by Crippen LogP contribution is 2.42. The van der Waals surface area contributed by atoms with Gasteiger partial charge in [-0.1, -0.05) is 19.9 Å². The third-order valence-electron chi connectivity index (χ3n) is 5.75. The first kappa shape index (κ1) is 24.4. The molecular formula is C23H33NO5S. The number of nitrogens with zero attached hydrogens (tertiary/aromatic N) is 1. The lowest BCUT2D eigenvalue weighted by Gasteiger charge is -2.42. The minimum atomic E-state index is -1.14. The van der Waals surface area contributed by atoms with Crippen molar-refractivity contribution in [3.05, 3.63) is 34.3 Å². The fourth-order valence-corrected chi connectivity index (χ4v) is 4.61. The van der Waals surface area contributed by atoms with Crippen LogP contribution in [-0.4, -0.2) is 45.3 Å². The lowest BCUT2D eigenvalue weighted by Crippen LogP contribution is -2.53. The molecule has 166 valence electrons. The van der Waals surface area contributed by atoms with Crippen LogP contribution in [0.5, 0.6) is 0 Å². The molecule has 7 heteroatoms. The summed E-state index contributed by atoms with van der Waals surface area (Å²) in [6, 6.07) is 0. The number of carbonyl (C=O) groups excluding carboxylic acids is 2. The average Bonchev–Trinajstić information content (AvgIpc) is 3.06. The molecule has 6 nitrogen and oxygen atoms in total. The van der Waals surface area contributed by atoms with Gasteiger partial charge in [0, 0.05) is 17.7 Å². The number of esters is 1. The maximum atomic E-state index is 13.0. The number of aliphatic hydroxyl groups is 2. The van der Waals surface area contributed by atoms with Crippen LogP contribution in [0.3, 0.4) is 0 Å². The van der Waals surface area contributed by atoms with Gasteiger partial charge in [-0.2, -0.15) is 0 Å². The Morgan fingerprint density at radius 3 is 2.70 bits per heavy atom. The highest BCUT2D eigenvalue weighted by molar-refractivity contribution is 7.09. The Morgan fingerprint density at radius 2 is 2.17 bits per heavy atom. The molecule has 1 fully saturated rings. The number of thiazole rings is 1. The normalized spacial score (nSPS) is 26.2. The summed E-state index contributed by atoms with van der Waals surface area (Å²) in [4.78, 5) is 30.2. The largest absolute Gasteiger partial charge is 0.457 e. The van der Waals surface area contributed by atoms with E-state index in [4.69, 9.17) is 4.74 Å². The van der Waals surface area contributed by atoms with Crippen molar-refractivity contribution >= 4 is 29.2 Å². The van der Waals surface area contributed by atoms with Crippen molar-refractivity contribution in [1.29, 1.82) is 0 Å². The number of hydrogen-bond acceptors (Lipinski definition) is 7. The molecule has 0 aliphatic heterocycles. The summed E-state index contributed by atoms with van der Waals surface area (Å²) in [5.74, 6) is -1.98. The zero-order valence-corrected chi connectivity index (χ0v) is 19.2. The molecule has 0 amide bonds. The summed E-state index contributed by atoms with van der Waals surface area (Å²) < 4.78 is 5.79. The van der Waals surface area contributed by atoms with Crippen LogP contribution in [0.25, 0.3) is 6.08 Å². The van der Waals surface area contributed by atoms with Crippen molar-refractivity contribution in [2.75, 3.05) is 0 Å². The molecule has 2 rings (SSSR count). The fraction of sp³-hybridized carbons (Fsp3) is 0.609. The molecule has 5 atom stereocenters. The number of ether oxygens (including phenoxy) is 1. The number of hydrogen-bond donors (Lipinski definition) is 2. The van der Waals surface area contributed by atoms with Crippen molar-refractivity contribution < 1.29 is 24.5 Å². The van der Waals surface area contributed by atoms with Crippen LogP contribution in [0.1, 0.15) is 57.7 Å². The SMILES string of the molecule is C=CCC(OC(=O)[C@H]1C[C@H](C[C@@H](C)O)C(=O)C(C)(C)[C@H]1O)/C(C)=C/c1csc(C)n1. The molecule has 30 heavy (non-hydrogen) atoms. The minimum Gasteiger partial charge on any atom is -0.457 e. The summed E-state index contributed by atoms with van der Waals surface area (Å²) in [6.45, 7) is 12.5. The van der Waals surface area contributed by atoms with Gasteiger partial charge in [-0.3, -0.25) is 9.59 Å². The zero-order chi connectivity index (χ0) is 22.6. The van der Waals surface area contributed by atoms with E-state index in [0.29, 0.717) is 6.42 Å². The van der Waals surface area contributed by atoms with Gasteiger partial charge in [0.2, 0.25) is 0 Å². The van der Waals surface area contributed by atoms with Crippen molar-refractivity contribution in [1.82, 2.24) is 4.98 Å². The van der Waals surface area contributed by atoms with E-state index < -0.39 is 41.5 Å². The van der Waals surface area contributed by atoms with Crippen LogP contribution in [0.4, 0.5) is 0 Å². The van der Waals surface area contributed by atoms with Crippen molar-refractivity contribution in [2.45, 2.75) is 72.2 Å². The Bertz CT molecular complexity index is 810. The molecule has 1 aromatic heterocycles. The Labute approximate surface area is 182 Å². The standard InChI is InChI=1S/C23H33NO5S/c1-7-8-19(13(2)9-17-12-30-15(4)24-17)29-22(28)18-11-16(10-14(3)25)20(26)23(5,6)21(18)27/h7,9,12,14,16,18-19,21,25,27H,1,8,10-11H2,2-6H3/b13-9+/t14-,16+,18+,19?,21+/m1/s1. The molecule has 0 bridgehead atoms. The van der Waals surface area contributed by atoms with Crippen molar-refractivity contribution in [3.63, 3.8) is 0 Å². The molecular weight excluding hydrogens is 402 g/mol. The first-order valence-electron chi connectivity index (χ1n) is 10.3. The Balaban J connectivity index is 2.21. The lowest BCUT2D eigenvalue weighted by atomic mass is 9.63. The fourth-order valence-electron chi connectivity index (χ4n) is 4.04. The minimum absolute atomic E-state index is 0.127. The van der Waals surface area contributed by atoms with E-state index in [2.05, 4.69) is 11.6 Å². The Kier molecular flexibility index (Phi) is 8.13. The zero-order valence-electron chi connectivity index (χ0n) is 18.4. The number of aryl methyl sites for hydroxylation is 1. The van der Waals surface area contributed by atoms with Crippen LogP contribution < -0.4 is 0 Å². The molecule has 1 unspecified atom stereocenters. The monoisotopic (exact) mass is 435 g/mol. The summed E-state index contributed by atoms with van der Waals surface area (Å²) in [6.07, 6.45) is 2.09. The number of aliphatic hydroxyl groups excluding tert-OH is 2. The number of ketones is 1. The van der Waals surface area contributed by atoms with E-state index in [9.17, 15) is 19.8 Å². The molecule has 1 aromatic rings. The molecule has 2 N–H and O–H groups in total. The number of aromatic nitrogens is 1. The number of rotatable bonds is 8. The second-order valence-corrected chi connectivity index (χ2v) is 9.85.